The van der Waals surface area contributed by atoms with Gasteiger partial charge in [-0.15, -0.1) is 0 Å². The van der Waals surface area contributed by atoms with Crippen molar-refractivity contribution in [3.8, 4) is 33.4 Å². The molecule has 0 aliphatic heterocycles. The molecule has 0 saturated heterocycles. The molecule has 0 radical (unpaired) electrons. The Bertz CT molecular complexity index is 2910. The first kappa shape index (κ1) is 32.8. The summed E-state index contributed by atoms with van der Waals surface area (Å²) in [6.45, 7) is 1.71. The van der Waals surface area contributed by atoms with Gasteiger partial charge in [0.05, 0.1) is 22.1 Å². The van der Waals surface area contributed by atoms with Crippen LogP contribution in [-0.2, 0) is 6.18 Å². The second kappa shape index (κ2) is 12.6. The smallest absolute Gasteiger partial charge is 0.310 e. The normalized spacial score (nSPS) is 12.0. The lowest BCUT2D eigenvalue weighted by Crippen LogP contribution is -2.13. The quantitative estimate of drug-likeness (QED) is 0.166. The van der Waals surface area contributed by atoms with Crippen LogP contribution in [0.4, 0.5) is 30.2 Å². The maximum Gasteiger partial charge on any atom is 0.416 e. The van der Waals surface area contributed by atoms with E-state index in [9.17, 15) is 13.2 Å². The molecule has 10 rings (SSSR count). The molecule has 0 aliphatic rings. The van der Waals surface area contributed by atoms with Crippen LogP contribution in [-0.4, -0.2) is 4.40 Å². The maximum atomic E-state index is 14.2. The maximum absolute atomic E-state index is 14.2. The summed E-state index contributed by atoms with van der Waals surface area (Å²) >= 11 is 0. The number of hydrogen-bond acceptors (Lipinski definition) is 1. The van der Waals surface area contributed by atoms with Crippen LogP contribution < -0.4 is 4.90 Å². The van der Waals surface area contributed by atoms with Crippen molar-refractivity contribution in [3.63, 3.8) is 0 Å². The highest BCUT2D eigenvalue weighted by molar-refractivity contribution is 6.24. The minimum Gasteiger partial charge on any atom is -0.310 e. The zero-order valence-electron chi connectivity index (χ0n) is 29.8. The van der Waals surface area contributed by atoms with Crippen LogP contribution in [0.1, 0.15) is 11.1 Å². The molecule has 2 aromatic heterocycles. The van der Waals surface area contributed by atoms with Gasteiger partial charge in [-0.1, -0.05) is 115 Å². The summed E-state index contributed by atoms with van der Waals surface area (Å²) in [7, 11) is 0. The van der Waals surface area contributed by atoms with Crippen LogP contribution in [0, 0.1) is 6.92 Å². The highest BCUT2D eigenvalue weighted by Gasteiger charge is 2.32. The van der Waals surface area contributed by atoms with Gasteiger partial charge in [-0.05, 0) is 113 Å². The summed E-state index contributed by atoms with van der Waals surface area (Å²) in [5.74, 6) is 0. The van der Waals surface area contributed by atoms with Crippen molar-refractivity contribution in [2.45, 2.75) is 13.1 Å². The molecule has 0 unspecified atom stereocenters. The molecule has 0 amide bonds. The number of anilines is 3. The molecule has 55 heavy (non-hydrogen) atoms. The third kappa shape index (κ3) is 5.59. The predicted octanol–water partition coefficient (Wildman–Crippen LogP) is 14.6. The first-order chi connectivity index (χ1) is 26.8. The van der Waals surface area contributed by atoms with E-state index in [1.807, 2.05) is 65.6 Å². The SMILES string of the molecule is Cc1cc(N(c2ccc(-c3ccc(-c4ccccc4)cc3)cc2)c2ccc(-c3cc4c5ccccc5n5c6ccccc6c(c3)c45)cc2)cc(C(F)(F)F)c1. The minimum absolute atomic E-state index is 0.444. The molecular formula is C50H33F3N2. The van der Waals surface area contributed by atoms with Gasteiger partial charge >= 0.3 is 6.18 Å². The van der Waals surface area contributed by atoms with Crippen molar-refractivity contribution in [2.24, 2.45) is 0 Å². The number of hydrogen-bond donors (Lipinski definition) is 0. The number of benzene rings is 8. The number of halogens is 3. The zero-order chi connectivity index (χ0) is 37.3. The Labute approximate surface area is 316 Å². The first-order valence-electron chi connectivity index (χ1n) is 18.3. The fourth-order valence-electron chi connectivity index (χ4n) is 8.21. The summed E-state index contributed by atoms with van der Waals surface area (Å²) in [4.78, 5) is 1.90. The number of para-hydroxylation sites is 2. The van der Waals surface area contributed by atoms with Crippen molar-refractivity contribution in [2.75, 3.05) is 4.90 Å². The summed E-state index contributed by atoms with van der Waals surface area (Å²) in [5.41, 5.74) is 11.9. The third-order valence-electron chi connectivity index (χ3n) is 10.8. The molecule has 0 saturated carbocycles. The van der Waals surface area contributed by atoms with Crippen LogP contribution in [0.2, 0.25) is 0 Å². The number of fused-ring (bicyclic) bond motifs is 6. The van der Waals surface area contributed by atoms with E-state index in [1.54, 1.807) is 6.92 Å². The van der Waals surface area contributed by atoms with Crippen molar-refractivity contribution in [3.05, 3.63) is 193 Å². The van der Waals surface area contributed by atoms with Crippen molar-refractivity contribution in [1.82, 2.24) is 4.40 Å². The lowest BCUT2D eigenvalue weighted by molar-refractivity contribution is -0.137. The average molecular weight is 719 g/mol. The van der Waals surface area contributed by atoms with Crippen LogP contribution in [0.5, 0.6) is 0 Å². The van der Waals surface area contributed by atoms with E-state index >= 15 is 0 Å². The molecule has 2 heterocycles. The van der Waals surface area contributed by atoms with Gasteiger partial charge in [-0.3, -0.25) is 0 Å². The lowest BCUT2D eigenvalue weighted by atomic mass is 9.98. The third-order valence-corrected chi connectivity index (χ3v) is 10.8. The highest BCUT2D eigenvalue weighted by Crippen LogP contribution is 2.43. The average Bonchev–Trinajstić information content (AvgIpc) is 3.73. The van der Waals surface area contributed by atoms with E-state index in [-0.39, 0.29) is 0 Å². The van der Waals surface area contributed by atoms with Gasteiger partial charge in [-0.2, -0.15) is 13.2 Å². The van der Waals surface area contributed by atoms with Crippen LogP contribution in [0.3, 0.4) is 0 Å². The van der Waals surface area contributed by atoms with Gasteiger partial charge in [0.25, 0.3) is 0 Å². The van der Waals surface area contributed by atoms with Gasteiger partial charge < -0.3 is 9.30 Å². The summed E-state index contributed by atoms with van der Waals surface area (Å²) < 4.78 is 44.8. The Balaban J connectivity index is 1.06. The van der Waals surface area contributed by atoms with Gasteiger partial charge in [0.2, 0.25) is 0 Å². The van der Waals surface area contributed by atoms with Crippen LogP contribution >= 0.6 is 0 Å². The minimum atomic E-state index is -4.48. The van der Waals surface area contributed by atoms with E-state index in [0.717, 1.165) is 44.8 Å². The van der Waals surface area contributed by atoms with Crippen molar-refractivity contribution < 1.29 is 13.2 Å². The molecule has 2 nitrogen and oxygen atoms in total. The molecule has 10 aromatic rings. The highest BCUT2D eigenvalue weighted by atomic mass is 19.4. The molecule has 0 aliphatic carbocycles. The molecule has 8 aromatic carbocycles. The van der Waals surface area contributed by atoms with Crippen molar-refractivity contribution >= 4 is 55.2 Å². The van der Waals surface area contributed by atoms with Gasteiger partial charge in [-0.25, -0.2) is 0 Å². The standard InChI is InChI=1S/C50H33F3N2/c1-32-27-39(50(51,52)53)31-42(28-32)54(40-23-19-36(20-24-40)35-17-15-34(16-18-35)33-9-3-2-4-10-33)41-25-21-37(22-26-41)38-29-45-43-11-5-7-13-47(43)55-48-14-8-6-12-44(48)46(30-38)49(45)55/h2-31H,1H3. The molecule has 0 atom stereocenters. The van der Waals surface area contributed by atoms with E-state index in [1.165, 1.54) is 50.2 Å². The Hall–Kier alpha value is -6.85. The first-order valence-corrected chi connectivity index (χ1v) is 18.3. The van der Waals surface area contributed by atoms with Crippen molar-refractivity contribution in [1.29, 1.82) is 0 Å². The Morgan fingerprint density at radius 3 is 1.35 bits per heavy atom. The fraction of sp³-hybridized carbons (Fsp3) is 0.0400. The molecule has 0 fully saturated rings. The molecule has 0 N–H and O–H groups in total. The van der Waals surface area contributed by atoms with Gasteiger partial charge in [0, 0.05) is 38.6 Å². The number of nitrogens with zero attached hydrogens (tertiary/aromatic N) is 2. The summed E-state index contributed by atoms with van der Waals surface area (Å²) in [5, 5.41) is 4.79. The number of alkyl halides is 3. The van der Waals surface area contributed by atoms with Gasteiger partial charge in [0.1, 0.15) is 0 Å². The summed E-state index contributed by atoms with van der Waals surface area (Å²) in [6.07, 6.45) is -4.48. The predicted molar refractivity (Wildman–Crippen MR) is 222 cm³/mol. The molecular weight excluding hydrogens is 686 g/mol. The Morgan fingerprint density at radius 1 is 0.400 bits per heavy atom. The monoisotopic (exact) mass is 718 g/mol. The number of aryl methyl sites for hydroxylation is 1. The Morgan fingerprint density at radius 2 is 0.836 bits per heavy atom. The largest absolute Gasteiger partial charge is 0.416 e. The number of rotatable bonds is 6. The second-order valence-electron chi connectivity index (χ2n) is 14.2. The zero-order valence-corrected chi connectivity index (χ0v) is 29.8. The summed E-state index contributed by atoms with van der Waals surface area (Å²) in [6, 6.07) is 60.6. The van der Waals surface area contributed by atoms with E-state index in [0.29, 0.717) is 11.3 Å². The Kier molecular flexibility index (Phi) is 7.53. The van der Waals surface area contributed by atoms with E-state index in [2.05, 4.69) is 114 Å². The van der Waals surface area contributed by atoms with E-state index in [4.69, 9.17) is 0 Å². The number of aromatic nitrogens is 1. The van der Waals surface area contributed by atoms with E-state index < -0.39 is 11.7 Å². The molecule has 5 heteroatoms. The second-order valence-corrected chi connectivity index (χ2v) is 14.2. The molecule has 0 spiro atoms. The molecule has 264 valence electrons. The lowest BCUT2D eigenvalue weighted by Gasteiger charge is -2.27. The van der Waals surface area contributed by atoms with Gasteiger partial charge in [0.15, 0.2) is 0 Å². The van der Waals surface area contributed by atoms with Crippen LogP contribution in [0.15, 0.2) is 182 Å². The topological polar surface area (TPSA) is 7.65 Å². The van der Waals surface area contributed by atoms with Crippen LogP contribution in [0.25, 0.3) is 71.5 Å². The fourth-order valence-corrected chi connectivity index (χ4v) is 8.21. The molecule has 0 bridgehead atoms.